The molecule has 0 bridgehead atoms. The number of carbonyl (C=O) groups excluding carboxylic acids is 1. The van der Waals surface area contributed by atoms with Crippen molar-refractivity contribution in [3.8, 4) is 6.07 Å². The Morgan fingerprint density at radius 1 is 1.25 bits per heavy atom. The third-order valence-electron chi connectivity index (χ3n) is 6.71. The second-order valence-corrected chi connectivity index (χ2v) is 9.87. The minimum absolute atomic E-state index is 0.0121. The zero-order chi connectivity index (χ0) is 23.3. The molecule has 0 fully saturated rings. The molecule has 0 radical (unpaired) electrons. The maximum Gasteiger partial charge on any atom is 0.367 e. The van der Waals surface area contributed by atoms with Crippen LogP contribution in [0.15, 0.2) is 26.9 Å². The van der Waals surface area contributed by atoms with E-state index >= 15 is 0 Å². The average Bonchev–Trinajstić information content (AvgIpc) is 2.74. The highest BCUT2D eigenvalue weighted by Gasteiger charge is 2.41. The van der Waals surface area contributed by atoms with Crippen molar-refractivity contribution < 1.29 is 14.0 Å². The Morgan fingerprint density at radius 3 is 2.59 bits per heavy atom. The molecule has 0 atom stereocenters. The minimum atomic E-state index is -0.840. The maximum atomic E-state index is 12.9. The standard InChI is InChI=1S/C25H29N3O4/c1-6-27-32-23(30)17(14-26)12-16-11-15-13-18-20-19(21(15)31-22(16)29)25(4,5)8-10-28(20)9-7-24(18,2)3/h11-13,27H,6-10H2,1-5H3. The van der Waals surface area contributed by atoms with E-state index in [1.807, 2.05) is 6.07 Å². The summed E-state index contributed by atoms with van der Waals surface area (Å²) in [5, 5.41) is 10.2. The first-order valence-electron chi connectivity index (χ1n) is 11.1. The number of nitrogens with one attached hydrogen (secondary N) is 1. The lowest BCUT2D eigenvalue weighted by Gasteiger charge is -2.48. The van der Waals surface area contributed by atoms with E-state index in [4.69, 9.17) is 9.25 Å². The molecule has 3 heterocycles. The fourth-order valence-electron chi connectivity index (χ4n) is 4.75. The van der Waals surface area contributed by atoms with Crippen LogP contribution < -0.4 is 16.0 Å². The van der Waals surface area contributed by atoms with Crippen molar-refractivity contribution in [1.82, 2.24) is 5.48 Å². The Bertz CT molecular complexity index is 1230. The molecule has 0 amide bonds. The summed E-state index contributed by atoms with van der Waals surface area (Å²) in [5.41, 5.74) is 5.66. The smallest absolute Gasteiger partial charge is 0.367 e. The molecule has 0 saturated heterocycles. The summed E-state index contributed by atoms with van der Waals surface area (Å²) in [5.74, 6) is -0.840. The normalized spacial score (nSPS) is 18.8. The number of rotatable bonds is 4. The molecule has 1 aromatic carbocycles. The van der Waals surface area contributed by atoms with Crippen molar-refractivity contribution in [2.75, 3.05) is 24.5 Å². The van der Waals surface area contributed by atoms with Crippen molar-refractivity contribution in [2.24, 2.45) is 0 Å². The van der Waals surface area contributed by atoms with Crippen LogP contribution in [0.25, 0.3) is 17.0 Å². The van der Waals surface area contributed by atoms with E-state index in [9.17, 15) is 14.9 Å². The van der Waals surface area contributed by atoms with Crippen molar-refractivity contribution in [2.45, 2.75) is 58.3 Å². The lowest BCUT2D eigenvalue weighted by Crippen LogP contribution is -2.44. The van der Waals surface area contributed by atoms with Crippen LogP contribution in [0, 0.1) is 11.3 Å². The first-order chi connectivity index (χ1) is 15.1. The number of hydrogen-bond acceptors (Lipinski definition) is 7. The van der Waals surface area contributed by atoms with Gasteiger partial charge >= 0.3 is 11.6 Å². The summed E-state index contributed by atoms with van der Waals surface area (Å²) in [6, 6.07) is 5.63. The maximum absolute atomic E-state index is 12.9. The number of fused-ring (bicyclic) bond motifs is 2. The van der Waals surface area contributed by atoms with Gasteiger partial charge in [0, 0.05) is 36.3 Å². The minimum Gasteiger partial charge on any atom is -0.422 e. The first kappa shape index (κ1) is 22.1. The molecule has 2 aliphatic rings. The summed E-state index contributed by atoms with van der Waals surface area (Å²) >= 11 is 0. The van der Waals surface area contributed by atoms with Crippen LogP contribution in [0.3, 0.4) is 0 Å². The van der Waals surface area contributed by atoms with Crippen molar-refractivity contribution >= 4 is 28.7 Å². The SMILES string of the molecule is CCNOC(=O)C(C#N)=Cc1cc2cc3c4c(c2oc1=O)C(C)(C)CCN4CCC3(C)C. The number of nitriles is 1. The number of nitrogens with zero attached hydrogens (tertiary/aromatic N) is 2. The van der Waals surface area contributed by atoms with E-state index < -0.39 is 11.6 Å². The molecule has 7 nitrogen and oxygen atoms in total. The van der Waals surface area contributed by atoms with Crippen molar-refractivity contribution in [3.05, 3.63) is 44.8 Å². The molecule has 32 heavy (non-hydrogen) atoms. The lowest BCUT2D eigenvalue weighted by atomic mass is 9.69. The molecular weight excluding hydrogens is 406 g/mol. The van der Waals surface area contributed by atoms with E-state index in [0.717, 1.165) is 36.9 Å². The Hall–Kier alpha value is -3.11. The number of hydroxylamine groups is 1. The lowest BCUT2D eigenvalue weighted by molar-refractivity contribution is -0.145. The molecule has 0 unspecified atom stereocenters. The third kappa shape index (κ3) is 3.59. The second-order valence-electron chi connectivity index (χ2n) is 9.87. The molecule has 1 N–H and O–H groups in total. The zero-order valence-corrected chi connectivity index (χ0v) is 19.3. The summed E-state index contributed by atoms with van der Waals surface area (Å²) in [4.78, 5) is 32.2. The summed E-state index contributed by atoms with van der Waals surface area (Å²) in [6.45, 7) is 13.0. The molecule has 2 aliphatic heterocycles. The highest BCUT2D eigenvalue weighted by Crippen LogP contribution is 2.51. The third-order valence-corrected chi connectivity index (χ3v) is 6.71. The highest BCUT2D eigenvalue weighted by atomic mass is 16.7. The predicted octanol–water partition coefficient (Wildman–Crippen LogP) is 3.94. The molecule has 0 spiro atoms. The Labute approximate surface area is 187 Å². The van der Waals surface area contributed by atoms with Crippen LogP contribution in [-0.2, 0) is 20.5 Å². The monoisotopic (exact) mass is 435 g/mol. The zero-order valence-electron chi connectivity index (χ0n) is 19.3. The van der Waals surface area contributed by atoms with Gasteiger partial charge in [-0.3, -0.25) is 0 Å². The molecular formula is C25H29N3O4. The largest absolute Gasteiger partial charge is 0.422 e. The topological polar surface area (TPSA) is 95.6 Å². The molecule has 1 aromatic heterocycles. The van der Waals surface area contributed by atoms with E-state index in [1.54, 1.807) is 13.0 Å². The molecule has 0 saturated carbocycles. The van der Waals surface area contributed by atoms with Gasteiger partial charge < -0.3 is 14.2 Å². The van der Waals surface area contributed by atoms with E-state index in [1.165, 1.54) is 17.3 Å². The van der Waals surface area contributed by atoms with E-state index in [0.29, 0.717) is 12.1 Å². The van der Waals surface area contributed by atoms with Gasteiger partial charge in [0.2, 0.25) is 0 Å². The second kappa shape index (κ2) is 7.79. The molecule has 4 rings (SSSR count). The number of anilines is 1. The number of carbonyl (C=O) groups is 1. The first-order valence-corrected chi connectivity index (χ1v) is 11.1. The van der Waals surface area contributed by atoms with Gasteiger partial charge in [0.25, 0.3) is 0 Å². The predicted molar refractivity (Wildman–Crippen MR) is 123 cm³/mol. The summed E-state index contributed by atoms with van der Waals surface area (Å²) in [6.07, 6.45) is 3.25. The quantitative estimate of drug-likeness (QED) is 0.336. The van der Waals surface area contributed by atoms with Gasteiger partial charge in [-0.1, -0.05) is 27.7 Å². The molecule has 7 heteroatoms. The fraction of sp³-hybridized carbons (Fsp3) is 0.480. The summed E-state index contributed by atoms with van der Waals surface area (Å²) < 4.78 is 5.87. The molecule has 2 aromatic rings. The highest BCUT2D eigenvalue weighted by molar-refractivity contribution is 5.98. The summed E-state index contributed by atoms with van der Waals surface area (Å²) in [7, 11) is 0. The van der Waals surface area contributed by atoms with Crippen LogP contribution in [0.5, 0.6) is 0 Å². The van der Waals surface area contributed by atoms with Gasteiger partial charge in [0.15, 0.2) is 0 Å². The molecule has 0 aliphatic carbocycles. The van der Waals surface area contributed by atoms with Crippen LogP contribution in [-0.4, -0.2) is 25.6 Å². The van der Waals surface area contributed by atoms with Crippen LogP contribution >= 0.6 is 0 Å². The van der Waals surface area contributed by atoms with Crippen LogP contribution in [0.1, 0.15) is 64.2 Å². The van der Waals surface area contributed by atoms with Gasteiger partial charge in [-0.05, 0) is 54.4 Å². The van der Waals surface area contributed by atoms with Crippen molar-refractivity contribution in [3.63, 3.8) is 0 Å². The number of hydrogen-bond donors (Lipinski definition) is 1. The van der Waals surface area contributed by atoms with E-state index in [-0.39, 0.29) is 22.0 Å². The van der Waals surface area contributed by atoms with Crippen LogP contribution in [0.2, 0.25) is 0 Å². The fourth-order valence-corrected chi connectivity index (χ4v) is 4.75. The van der Waals surface area contributed by atoms with Gasteiger partial charge in [0.05, 0.1) is 5.56 Å². The Balaban J connectivity index is 1.95. The molecule has 168 valence electrons. The van der Waals surface area contributed by atoms with Gasteiger partial charge in [0.1, 0.15) is 17.2 Å². The van der Waals surface area contributed by atoms with E-state index in [2.05, 4.69) is 44.1 Å². The van der Waals surface area contributed by atoms with Gasteiger partial charge in [-0.25, -0.2) is 9.59 Å². The van der Waals surface area contributed by atoms with Crippen LogP contribution in [0.4, 0.5) is 5.69 Å². The Morgan fingerprint density at radius 2 is 1.94 bits per heavy atom. The van der Waals surface area contributed by atoms with Gasteiger partial charge in [-0.15, -0.1) is 0 Å². The Kier molecular flexibility index (Phi) is 5.38. The average molecular weight is 436 g/mol. The number of benzene rings is 1. The van der Waals surface area contributed by atoms with Gasteiger partial charge in [-0.2, -0.15) is 10.7 Å². The van der Waals surface area contributed by atoms with Crippen molar-refractivity contribution in [1.29, 1.82) is 5.26 Å².